The number of hydrogen-bond acceptors (Lipinski definition) is 2. The van der Waals surface area contributed by atoms with Gasteiger partial charge in [-0.15, -0.1) is 0 Å². The number of nitrogens with zero attached hydrogens (tertiary/aromatic N) is 2. The first kappa shape index (κ1) is 9.02. The second-order valence-electron chi connectivity index (χ2n) is 2.78. The van der Waals surface area contributed by atoms with Gasteiger partial charge in [-0.05, 0) is 18.2 Å². The van der Waals surface area contributed by atoms with Crippen LogP contribution in [-0.4, -0.2) is 9.78 Å². The van der Waals surface area contributed by atoms with Crippen LogP contribution >= 0.6 is 11.6 Å². The molecule has 0 bridgehead atoms. The first-order chi connectivity index (χ1) is 6.68. The molecule has 5 heteroatoms. The van der Waals surface area contributed by atoms with E-state index in [0.717, 1.165) is 4.68 Å². The Hall–Kier alpha value is -1.55. The molecular weight excluding hydrogens is 205 g/mol. The van der Waals surface area contributed by atoms with Crippen molar-refractivity contribution in [2.75, 3.05) is 5.73 Å². The minimum atomic E-state index is -0.475. The Morgan fingerprint density at radius 2 is 2.14 bits per heavy atom. The third-order valence-corrected chi connectivity index (χ3v) is 2.11. The van der Waals surface area contributed by atoms with Gasteiger partial charge in [-0.3, -0.25) is 0 Å². The zero-order valence-corrected chi connectivity index (χ0v) is 7.87. The topological polar surface area (TPSA) is 43.8 Å². The maximum atomic E-state index is 13.1. The van der Waals surface area contributed by atoms with E-state index in [1.807, 2.05) is 0 Å². The summed E-state index contributed by atoms with van der Waals surface area (Å²) >= 11 is 5.88. The molecule has 2 rings (SSSR count). The SMILES string of the molecule is Nc1ccc(Cl)c(-n2nccc2F)c1. The summed E-state index contributed by atoms with van der Waals surface area (Å²) in [7, 11) is 0. The number of aromatic nitrogens is 2. The largest absolute Gasteiger partial charge is 0.399 e. The molecule has 1 aromatic carbocycles. The first-order valence-electron chi connectivity index (χ1n) is 3.93. The molecule has 0 aliphatic rings. The van der Waals surface area contributed by atoms with E-state index < -0.39 is 5.95 Å². The third-order valence-electron chi connectivity index (χ3n) is 1.79. The van der Waals surface area contributed by atoms with Gasteiger partial charge in [0.25, 0.3) is 0 Å². The minimum absolute atomic E-state index is 0.404. The molecule has 0 saturated heterocycles. The van der Waals surface area contributed by atoms with Crippen molar-refractivity contribution in [3.8, 4) is 5.69 Å². The van der Waals surface area contributed by atoms with E-state index in [0.29, 0.717) is 16.4 Å². The van der Waals surface area contributed by atoms with Crippen LogP contribution in [0.5, 0.6) is 0 Å². The summed E-state index contributed by atoms with van der Waals surface area (Å²) in [5, 5.41) is 4.19. The fraction of sp³-hybridized carbons (Fsp3) is 0. The van der Waals surface area contributed by atoms with E-state index in [4.69, 9.17) is 17.3 Å². The molecule has 0 radical (unpaired) electrons. The Balaban J connectivity index is 2.62. The average Bonchev–Trinajstić information content (AvgIpc) is 2.56. The van der Waals surface area contributed by atoms with Gasteiger partial charge in [0.2, 0.25) is 5.95 Å². The number of rotatable bonds is 1. The van der Waals surface area contributed by atoms with Crippen LogP contribution in [0.1, 0.15) is 0 Å². The van der Waals surface area contributed by atoms with E-state index >= 15 is 0 Å². The maximum absolute atomic E-state index is 13.1. The normalized spacial score (nSPS) is 10.4. The molecule has 0 unspecified atom stereocenters. The Morgan fingerprint density at radius 1 is 1.36 bits per heavy atom. The first-order valence-corrected chi connectivity index (χ1v) is 4.31. The van der Waals surface area contributed by atoms with Crippen LogP contribution in [0.15, 0.2) is 30.5 Å². The van der Waals surface area contributed by atoms with Crippen LogP contribution < -0.4 is 5.73 Å². The molecule has 14 heavy (non-hydrogen) atoms. The van der Waals surface area contributed by atoms with Crippen molar-refractivity contribution >= 4 is 17.3 Å². The molecule has 0 aliphatic carbocycles. The summed E-state index contributed by atoms with van der Waals surface area (Å²) in [4.78, 5) is 0. The number of anilines is 1. The number of nitrogens with two attached hydrogens (primary N) is 1. The molecule has 2 aromatic rings. The molecular formula is C9H7ClFN3. The lowest BCUT2D eigenvalue weighted by molar-refractivity contribution is 0.537. The van der Waals surface area contributed by atoms with Gasteiger partial charge in [-0.25, -0.2) is 4.68 Å². The Bertz CT molecular complexity index is 467. The van der Waals surface area contributed by atoms with Crippen LogP contribution in [0.4, 0.5) is 10.1 Å². The van der Waals surface area contributed by atoms with Crippen LogP contribution in [0.2, 0.25) is 5.02 Å². The maximum Gasteiger partial charge on any atom is 0.216 e. The zero-order chi connectivity index (χ0) is 10.1. The van der Waals surface area contributed by atoms with Crippen molar-refractivity contribution in [3.63, 3.8) is 0 Å². The summed E-state index contributed by atoms with van der Waals surface area (Å²) in [5.74, 6) is -0.475. The Labute approximate surface area is 84.9 Å². The van der Waals surface area contributed by atoms with E-state index in [-0.39, 0.29) is 0 Å². The highest BCUT2D eigenvalue weighted by Crippen LogP contribution is 2.22. The lowest BCUT2D eigenvalue weighted by Crippen LogP contribution is -2.01. The molecule has 3 nitrogen and oxygen atoms in total. The van der Waals surface area contributed by atoms with Crippen molar-refractivity contribution in [1.29, 1.82) is 0 Å². The van der Waals surface area contributed by atoms with Crippen molar-refractivity contribution < 1.29 is 4.39 Å². The number of hydrogen-bond donors (Lipinski definition) is 1. The van der Waals surface area contributed by atoms with Gasteiger partial charge in [0, 0.05) is 11.8 Å². The summed E-state index contributed by atoms with van der Waals surface area (Å²) in [6.07, 6.45) is 1.36. The van der Waals surface area contributed by atoms with E-state index in [9.17, 15) is 4.39 Å². The molecule has 2 N–H and O–H groups in total. The summed E-state index contributed by atoms with van der Waals surface area (Å²) in [5.41, 5.74) is 6.51. The molecule has 0 fully saturated rings. The molecule has 1 heterocycles. The molecule has 0 amide bonds. The van der Waals surface area contributed by atoms with Crippen LogP contribution in [0.3, 0.4) is 0 Å². The second-order valence-corrected chi connectivity index (χ2v) is 3.18. The highest BCUT2D eigenvalue weighted by atomic mass is 35.5. The van der Waals surface area contributed by atoms with Crippen LogP contribution in [0, 0.1) is 5.95 Å². The highest BCUT2D eigenvalue weighted by molar-refractivity contribution is 6.32. The van der Waals surface area contributed by atoms with Crippen molar-refractivity contribution in [2.24, 2.45) is 0 Å². The average molecular weight is 212 g/mol. The summed E-state index contributed by atoms with van der Waals surface area (Å²) in [6.45, 7) is 0. The van der Waals surface area contributed by atoms with Gasteiger partial charge in [0.05, 0.1) is 16.9 Å². The fourth-order valence-corrected chi connectivity index (χ4v) is 1.35. The lowest BCUT2D eigenvalue weighted by Gasteiger charge is -2.05. The van der Waals surface area contributed by atoms with Crippen LogP contribution in [-0.2, 0) is 0 Å². The standard InChI is InChI=1S/C9H7ClFN3/c10-7-2-1-6(12)5-8(7)14-9(11)3-4-13-14/h1-5H,12H2. The predicted octanol–water partition coefficient (Wildman–Crippen LogP) is 2.25. The number of nitrogen functional groups attached to an aromatic ring is 1. The van der Waals surface area contributed by atoms with Crippen molar-refractivity contribution in [2.45, 2.75) is 0 Å². The molecule has 0 atom stereocenters. The molecule has 0 saturated carbocycles. The number of halogens is 2. The zero-order valence-electron chi connectivity index (χ0n) is 7.11. The van der Waals surface area contributed by atoms with Gasteiger partial charge >= 0.3 is 0 Å². The van der Waals surface area contributed by atoms with Crippen LogP contribution in [0.25, 0.3) is 5.69 Å². The summed E-state index contributed by atoms with van der Waals surface area (Å²) in [6, 6.07) is 6.07. The van der Waals surface area contributed by atoms with Gasteiger partial charge < -0.3 is 5.73 Å². The lowest BCUT2D eigenvalue weighted by atomic mass is 10.3. The monoisotopic (exact) mass is 211 g/mol. The highest BCUT2D eigenvalue weighted by Gasteiger charge is 2.07. The third kappa shape index (κ3) is 1.44. The van der Waals surface area contributed by atoms with Gasteiger partial charge in [-0.2, -0.15) is 9.49 Å². The second kappa shape index (κ2) is 3.31. The van der Waals surface area contributed by atoms with E-state index in [2.05, 4.69) is 5.10 Å². The quantitative estimate of drug-likeness (QED) is 0.736. The Kier molecular flexibility index (Phi) is 2.13. The molecule has 1 aromatic heterocycles. The van der Waals surface area contributed by atoms with Gasteiger partial charge in [0.15, 0.2) is 0 Å². The van der Waals surface area contributed by atoms with Gasteiger partial charge in [-0.1, -0.05) is 11.6 Å². The molecule has 0 spiro atoms. The molecule has 72 valence electrons. The number of benzene rings is 1. The minimum Gasteiger partial charge on any atom is -0.399 e. The Morgan fingerprint density at radius 3 is 2.79 bits per heavy atom. The molecule has 0 aliphatic heterocycles. The van der Waals surface area contributed by atoms with E-state index in [1.54, 1.807) is 18.2 Å². The summed E-state index contributed by atoms with van der Waals surface area (Å²) < 4.78 is 14.2. The van der Waals surface area contributed by atoms with Crippen molar-refractivity contribution in [1.82, 2.24) is 9.78 Å². The fourth-order valence-electron chi connectivity index (χ4n) is 1.16. The predicted molar refractivity (Wildman–Crippen MR) is 52.9 cm³/mol. The van der Waals surface area contributed by atoms with Gasteiger partial charge in [0.1, 0.15) is 0 Å². The smallest absolute Gasteiger partial charge is 0.216 e. The van der Waals surface area contributed by atoms with Crippen molar-refractivity contribution in [3.05, 3.63) is 41.4 Å². The van der Waals surface area contributed by atoms with E-state index in [1.165, 1.54) is 12.3 Å².